The second kappa shape index (κ2) is 6.28. The third kappa shape index (κ3) is 8.28. The largest absolute Gasteiger partial charge is 0.441 e. The maximum atomic E-state index is 12.2. The van der Waals surface area contributed by atoms with Crippen LogP contribution >= 0.6 is 0 Å². The van der Waals surface area contributed by atoms with Gasteiger partial charge < -0.3 is 4.74 Å². The molecule has 0 aromatic heterocycles. The van der Waals surface area contributed by atoms with Crippen LogP contribution in [0.15, 0.2) is 0 Å². The summed E-state index contributed by atoms with van der Waals surface area (Å²) < 4.78 is 20.4. The molecule has 0 spiro atoms. The minimum absolute atomic E-state index is 0.116. The molecular formula is C15H29NO2S. The minimum atomic E-state index is -1.15. The lowest BCUT2D eigenvalue weighted by Crippen LogP contribution is -2.45. The van der Waals surface area contributed by atoms with Crippen LogP contribution in [0.25, 0.3) is 0 Å². The van der Waals surface area contributed by atoms with E-state index in [0.29, 0.717) is 0 Å². The molecule has 3 nitrogen and oxygen atoms in total. The van der Waals surface area contributed by atoms with Crippen molar-refractivity contribution in [3.05, 3.63) is 0 Å². The first kappa shape index (κ1) is 18.5. The zero-order valence-corrected chi connectivity index (χ0v) is 14.6. The number of nitrogens with one attached hydrogen (secondary N) is 1. The molecule has 0 aromatic carbocycles. The van der Waals surface area contributed by atoms with Gasteiger partial charge in [0.05, 0.1) is 21.8 Å². The standard InChI is InChI=1S/C15H29NO2S/c1-13(2,3)12(10-11-18-14(4,5)6)16-19(17)15(7,8)9/h12,16H,1-9H3/t12-,19+/m1/s1. The van der Waals surface area contributed by atoms with Crippen LogP contribution in [-0.4, -0.2) is 20.6 Å². The van der Waals surface area contributed by atoms with Gasteiger partial charge in [-0.1, -0.05) is 20.8 Å². The zero-order chi connectivity index (χ0) is 15.5. The van der Waals surface area contributed by atoms with Crippen LogP contribution in [0, 0.1) is 17.4 Å². The molecule has 0 heterocycles. The highest BCUT2D eigenvalue weighted by molar-refractivity contribution is 7.84. The van der Waals surface area contributed by atoms with Crippen LogP contribution < -0.4 is 4.72 Å². The monoisotopic (exact) mass is 287 g/mol. The van der Waals surface area contributed by atoms with Crippen LogP contribution in [-0.2, 0) is 15.7 Å². The highest BCUT2D eigenvalue weighted by Gasteiger charge is 2.29. The van der Waals surface area contributed by atoms with Crippen molar-refractivity contribution < 1.29 is 8.95 Å². The molecule has 0 aliphatic heterocycles. The van der Waals surface area contributed by atoms with Gasteiger partial charge in [-0.2, -0.15) is 0 Å². The van der Waals surface area contributed by atoms with Gasteiger partial charge in [-0.15, -0.1) is 0 Å². The molecule has 0 fully saturated rings. The fourth-order valence-electron chi connectivity index (χ4n) is 0.948. The highest BCUT2D eigenvalue weighted by atomic mass is 32.2. The average molecular weight is 287 g/mol. The van der Waals surface area contributed by atoms with Crippen molar-refractivity contribution in [1.82, 2.24) is 4.72 Å². The van der Waals surface area contributed by atoms with Crippen molar-refractivity contribution in [2.75, 3.05) is 0 Å². The third-order valence-corrected chi connectivity index (χ3v) is 3.77. The predicted molar refractivity (Wildman–Crippen MR) is 82.9 cm³/mol. The van der Waals surface area contributed by atoms with Crippen molar-refractivity contribution in [1.29, 1.82) is 0 Å². The second-order valence-corrected chi connectivity index (χ2v) is 9.76. The van der Waals surface area contributed by atoms with E-state index in [9.17, 15) is 4.21 Å². The van der Waals surface area contributed by atoms with E-state index in [1.165, 1.54) is 0 Å². The van der Waals surface area contributed by atoms with Crippen molar-refractivity contribution in [3.63, 3.8) is 0 Å². The Morgan fingerprint density at radius 1 is 1.00 bits per heavy atom. The molecule has 0 saturated heterocycles. The summed E-state index contributed by atoms with van der Waals surface area (Å²) in [7, 11) is -1.15. The summed E-state index contributed by atoms with van der Waals surface area (Å²) in [5, 5.41) is 0. The molecule has 0 unspecified atom stereocenters. The number of ether oxygens (including phenoxy) is 1. The molecule has 0 aliphatic rings. The van der Waals surface area contributed by atoms with E-state index in [0.717, 1.165) is 0 Å². The van der Waals surface area contributed by atoms with E-state index >= 15 is 0 Å². The smallest absolute Gasteiger partial charge is 0.112 e. The van der Waals surface area contributed by atoms with Gasteiger partial charge >= 0.3 is 0 Å². The van der Waals surface area contributed by atoms with E-state index in [2.05, 4.69) is 37.5 Å². The van der Waals surface area contributed by atoms with E-state index in [4.69, 9.17) is 4.74 Å². The van der Waals surface area contributed by atoms with Gasteiger partial charge in [-0.25, -0.2) is 8.93 Å². The average Bonchev–Trinajstić information content (AvgIpc) is 2.10. The van der Waals surface area contributed by atoms with Gasteiger partial charge in [-0.05, 0) is 52.9 Å². The Balaban J connectivity index is 4.92. The van der Waals surface area contributed by atoms with Crippen molar-refractivity contribution in [2.45, 2.75) is 78.7 Å². The lowest BCUT2D eigenvalue weighted by atomic mass is 9.88. The first-order valence-electron chi connectivity index (χ1n) is 6.60. The molecule has 1 N–H and O–H groups in total. The summed E-state index contributed by atoms with van der Waals surface area (Å²) in [5.74, 6) is 3.04. The second-order valence-electron chi connectivity index (χ2n) is 7.76. The van der Waals surface area contributed by atoms with Crippen LogP contribution in [0.2, 0.25) is 0 Å². The van der Waals surface area contributed by atoms with Gasteiger partial charge in [0.1, 0.15) is 11.7 Å². The lowest BCUT2D eigenvalue weighted by Gasteiger charge is -2.29. The van der Waals surface area contributed by atoms with Crippen LogP contribution in [0.3, 0.4) is 0 Å². The van der Waals surface area contributed by atoms with Gasteiger partial charge in [-0.3, -0.25) is 0 Å². The van der Waals surface area contributed by atoms with Gasteiger partial charge in [0, 0.05) is 0 Å². The first-order chi connectivity index (χ1) is 8.23. The summed E-state index contributed by atoms with van der Waals surface area (Å²) >= 11 is 0. The maximum Gasteiger partial charge on any atom is 0.112 e. The SMILES string of the molecule is CC(C)(C)OC#C[C@@H](N[S@@](=O)C(C)(C)C)C(C)(C)C. The van der Waals surface area contributed by atoms with E-state index < -0.39 is 11.0 Å². The fraction of sp³-hybridized carbons (Fsp3) is 0.867. The molecule has 0 amide bonds. The van der Waals surface area contributed by atoms with Gasteiger partial charge in [0.15, 0.2) is 0 Å². The summed E-state index contributed by atoms with van der Waals surface area (Å²) in [6.07, 6.45) is 2.74. The Labute approximate surface area is 121 Å². The van der Waals surface area contributed by atoms with Crippen LogP contribution in [0.1, 0.15) is 62.3 Å². The zero-order valence-electron chi connectivity index (χ0n) is 13.8. The third-order valence-electron chi connectivity index (χ3n) is 2.21. The molecule has 0 bridgehead atoms. The van der Waals surface area contributed by atoms with Gasteiger partial charge in [0.25, 0.3) is 0 Å². The lowest BCUT2D eigenvalue weighted by molar-refractivity contribution is 0.0957. The van der Waals surface area contributed by atoms with Gasteiger partial charge in [0.2, 0.25) is 0 Å². The highest BCUT2D eigenvalue weighted by Crippen LogP contribution is 2.21. The Kier molecular flexibility index (Phi) is 6.10. The van der Waals surface area contributed by atoms with E-state index in [1.807, 2.05) is 41.5 Å². The number of rotatable bonds is 2. The number of hydrogen-bond acceptors (Lipinski definition) is 2. The Morgan fingerprint density at radius 2 is 1.47 bits per heavy atom. The Hall–Kier alpha value is -0.530. The fourth-order valence-corrected chi connectivity index (χ4v) is 1.93. The molecule has 4 heteroatoms. The summed E-state index contributed by atoms with van der Waals surface area (Å²) in [6.45, 7) is 17.9. The first-order valence-corrected chi connectivity index (χ1v) is 7.75. The number of hydrogen-bond donors (Lipinski definition) is 1. The van der Waals surface area contributed by atoms with Crippen LogP contribution in [0.5, 0.6) is 0 Å². The summed E-state index contributed by atoms with van der Waals surface area (Å²) in [4.78, 5) is 0. The quantitative estimate of drug-likeness (QED) is 0.792. The van der Waals surface area contributed by atoms with Crippen LogP contribution in [0.4, 0.5) is 0 Å². The van der Waals surface area contributed by atoms with Crippen molar-refractivity contribution >= 4 is 11.0 Å². The van der Waals surface area contributed by atoms with Crippen molar-refractivity contribution in [2.24, 2.45) is 5.41 Å². The maximum absolute atomic E-state index is 12.2. The predicted octanol–water partition coefficient (Wildman–Crippen LogP) is 3.23. The Morgan fingerprint density at radius 3 is 1.79 bits per heavy atom. The molecule has 0 saturated carbocycles. The molecule has 0 rings (SSSR count). The summed E-state index contributed by atoms with van der Waals surface area (Å²) in [5.41, 5.74) is -0.409. The normalized spacial score (nSPS) is 16.3. The van der Waals surface area contributed by atoms with E-state index in [-0.39, 0.29) is 21.8 Å². The molecule has 0 radical (unpaired) electrons. The molecule has 2 atom stereocenters. The summed E-state index contributed by atoms with van der Waals surface area (Å²) in [6, 6.07) is -0.185. The topological polar surface area (TPSA) is 38.3 Å². The Bertz CT molecular complexity index is 372. The minimum Gasteiger partial charge on any atom is -0.441 e. The van der Waals surface area contributed by atoms with Crippen molar-refractivity contribution in [3.8, 4) is 12.0 Å². The van der Waals surface area contributed by atoms with E-state index in [1.54, 1.807) is 0 Å². The molecule has 0 aromatic rings. The molecule has 0 aliphatic carbocycles. The molecule has 19 heavy (non-hydrogen) atoms. The molecule has 112 valence electrons. The molecular weight excluding hydrogens is 258 g/mol.